The molecule has 5 rings (SSSR count). The van der Waals surface area contributed by atoms with Crippen LogP contribution in [0.25, 0.3) is 16.9 Å². The summed E-state index contributed by atoms with van der Waals surface area (Å²) in [6, 6.07) is 18.3. The van der Waals surface area contributed by atoms with Crippen LogP contribution in [0.4, 0.5) is 10.1 Å². The summed E-state index contributed by atoms with van der Waals surface area (Å²) in [6.45, 7) is 0.487. The molecule has 0 radical (unpaired) electrons. The molecule has 1 fully saturated rings. The lowest BCUT2D eigenvalue weighted by Gasteiger charge is -2.24. The summed E-state index contributed by atoms with van der Waals surface area (Å²) < 4.78 is 15.1. The molecule has 3 heterocycles. The second-order valence-electron chi connectivity index (χ2n) is 7.93. The maximum absolute atomic E-state index is 13.2. The van der Waals surface area contributed by atoms with E-state index in [1.165, 1.54) is 12.1 Å². The third-order valence-electron chi connectivity index (χ3n) is 5.81. The van der Waals surface area contributed by atoms with Crippen LogP contribution < -0.4 is 5.32 Å². The molecule has 7 nitrogen and oxygen atoms in total. The number of nitrogens with zero attached hydrogens (tertiary/aromatic N) is 3. The first kappa shape index (κ1) is 20.7. The van der Waals surface area contributed by atoms with Crippen LogP contribution in [0, 0.1) is 5.82 Å². The fourth-order valence-corrected chi connectivity index (χ4v) is 4.15. The van der Waals surface area contributed by atoms with Gasteiger partial charge in [0.2, 0.25) is 5.91 Å². The van der Waals surface area contributed by atoms with Gasteiger partial charge in [-0.2, -0.15) is 5.10 Å². The smallest absolute Gasteiger partial charge is 0.272 e. The van der Waals surface area contributed by atoms with Crippen molar-refractivity contribution >= 4 is 17.5 Å². The van der Waals surface area contributed by atoms with Crippen LogP contribution in [0.1, 0.15) is 23.3 Å². The van der Waals surface area contributed by atoms with Gasteiger partial charge in [-0.1, -0.05) is 12.1 Å². The third-order valence-corrected chi connectivity index (χ3v) is 5.81. The highest BCUT2D eigenvalue weighted by atomic mass is 19.1. The Kier molecular flexibility index (Phi) is 5.48. The number of para-hydroxylation sites is 2. The predicted molar refractivity (Wildman–Crippen MR) is 122 cm³/mol. The number of hydrogen-bond donors (Lipinski definition) is 2. The van der Waals surface area contributed by atoms with E-state index in [9.17, 15) is 14.0 Å². The molecule has 2 amide bonds. The Morgan fingerprint density at radius 1 is 1.03 bits per heavy atom. The molecule has 8 heteroatoms. The Morgan fingerprint density at radius 3 is 2.58 bits per heavy atom. The molecular weight excluding hydrogens is 421 g/mol. The zero-order chi connectivity index (χ0) is 22.8. The van der Waals surface area contributed by atoms with Crippen molar-refractivity contribution < 1.29 is 14.0 Å². The summed E-state index contributed by atoms with van der Waals surface area (Å²) in [4.78, 5) is 27.9. The number of anilines is 1. The fourth-order valence-electron chi connectivity index (χ4n) is 4.15. The minimum Gasteiger partial charge on any atom is -0.325 e. The maximum atomic E-state index is 13.2. The largest absolute Gasteiger partial charge is 0.325 e. The van der Waals surface area contributed by atoms with Crippen molar-refractivity contribution in [1.82, 2.24) is 19.7 Å². The second kappa shape index (κ2) is 8.74. The number of halogens is 1. The number of benzene rings is 2. The number of aromatic amines is 1. The van der Waals surface area contributed by atoms with E-state index in [0.717, 1.165) is 12.1 Å². The summed E-state index contributed by atoms with van der Waals surface area (Å²) >= 11 is 0. The summed E-state index contributed by atoms with van der Waals surface area (Å²) in [6.07, 6.45) is 5.14. The standard InChI is InChI=1S/C25H22FN5O2/c26-18-11-9-17(10-12-18)20-16-21(29-28-20)25(33)31-15-5-8-23(31)24(32)27-19-6-1-2-7-22(19)30-13-3-4-14-30/h1-4,6-7,9-14,16,23H,5,8,15H2,(H,27,32)(H,28,29)/t23-/m0/s1. The number of rotatable bonds is 5. The molecule has 33 heavy (non-hydrogen) atoms. The minimum atomic E-state index is -0.576. The first-order valence-corrected chi connectivity index (χ1v) is 10.8. The van der Waals surface area contributed by atoms with E-state index in [0.29, 0.717) is 35.6 Å². The molecule has 0 bridgehead atoms. The molecule has 4 aromatic rings. The van der Waals surface area contributed by atoms with Gasteiger partial charge in [-0.3, -0.25) is 14.7 Å². The van der Waals surface area contributed by atoms with Gasteiger partial charge in [-0.05, 0) is 67.4 Å². The van der Waals surface area contributed by atoms with Gasteiger partial charge < -0.3 is 14.8 Å². The number of carbonyl (C=O) groups is 2. The van der Waals surface area contributed by atoms with E-state index in [-0.39, 0.29) is 17.6 Å². The SMILES string of the molecule is O=C(Nc1ccccc1-n1cccc1)[C@@H]1CCCN1C(=O)c1cc(-c2ccc(F)cc2)n[nH]1. The molecule has 1 saturated heterocycles. The molecule has 2 N–H and O–H groups in total. The lowest BCUT2D eigenvalue weighted by atomic mass is 10.1. The average Bonchev–Trinajstić information content (AvgIpc) is 3.61. The van der Waals surface area contributed by atoms with Crippen molar-refractivity contribution in [3.8, 4) is 16.9 Å². The van der Waals surface area contributed by atoms with Crippen molar-refractivity contribution in [3.63, 3.8) is 0 Å². The first-order chi connectivity index (χ1) is 16.1. The van der Waals surface area contributed by atoms with Crippen molar-refractivity contribution in [1.29, 1.82) is 0 Å². The van der Waals surface area contributed by atoms with E-state index >= 15 is 0 Å². The van der Waals surface area contributed by atoms with E-state index in [1.54, 1.807) is 23.1 Å². The van der Waals surface area contributed by atoms with Gasteiger partial charge in [0.05, 0.1) is 17.1 Å². The Hall–Kier alpha value is -4.20. The number of H-pyrrole nitrogens is 1. The van der Waals surface area contributed by atoms with Gasteiger partial charge in [0.15, 0.2) is 0 Å². The minimum absolute atomic E-state index is 0.223. The normalized spacial score (nSPS) is 15.5. The van der Waals surface area contributed by atoms with Crippen LogP contribution in [0.3, 0.4) is 0 Å². The molecule has 2 aromatic carbocycles. The van der Waals surface area contributed by atoms with Gasteiger partial charge in [0.1, 0.15) is 17.6 Å². The fraction of sp³-hybridized carbons (Fsp3) is 0.160. The molecule has 0 saturated carbocycles. The summed E-state index contributed by atoms with van der Waals surface area (Å²) in [5, 5.41) is 9.95. The highest BCUT2D eigenvalue weighted by molar-refractivity contribution is 6.02. The van der Waals surface area contributed by atoms with Crippen molar-refractivity contribution in [2.75, 3.05) is 11.9 Å². The topological polar surface area (TPSA) is 83.0 Å². The van der Waals surface area contributed by atoms with Crippen LogP contribution >= 0.6 is 0 Å². The number of aromatic nitrogens is 3. The lowest BCUT2D eigenvalue weighted by molar-refractivity contribution is -0.119. The third kappa shape index (κ3) is 4.15. The molecule has 0 spiro atoms. The van der Waals surface area contributed by atoms with Crippen LogP contribution in [0.5, 0.6) is 0 Å². The molecular formula is C25H22FN5O2. The summed E-state index contributed by atoms with van der Waals surface area (Å²) in [5.74, 6) is -0.846. The Balaban J connectivity index is 1.33. The molecule has 1 aliphatic heterocycles. The number of likely N-dealkylation sites (tertiary alicyclic amines) is 1. The first-order valence-electron chi connectivity index (χ1n) is 10.8. The summed E-state index contributed by atoms with van der Waals surface area (Å²) in [5.41, 5.74) is 3.06. The van der Waals surface area contributed by atoms with Crippen molar-refractivity contribution in [2.45, 2.75) is 18.9 Å². The Morgan fingerprint density at radius 2 is 1.79 bits per heavy atom. The van der Waals surface area contributed by atoms with Crippen LogP contribution in [0.15, 0.2) is 79.1 Å². The highest BCUT2D eigenvalue weighted by Gasteiger charge is 2.35. The van der Waals surface area contributed by atoms with Crippen LogP contribution in [-0.4, -0.2) is 44.1 Å². The predicted octanol–water partition coefficient (Wildman–Crippen LogP) is 4.25. The number of amides is 2. The monoisotopic (exact) mass is 443 g/mol. The quantitative estimate of drug-likeness (QED) is 0.484. The molecule has 1 atom stereocenters. The van der Waals surface area contributed by atoms with Crippen LogP contribution in [0.2, 0.25) is 0 Å². The zero-order valence-corrected chi connectivity index (χ0v) is 17.7. The molecule has 166 valence electrons. The number of nitrogens with one attached hydrogen (secondary N) is 2. The van der Waals surface area contributed by atoms with E-state index < -0.39 is 6.04 Å². The second-order valence-corrected chi connectivity index (χ2v) is 7.93. The number of carbonyl (C=O) groups excluding carboxylic acids is 2. The highest BCUT2D eigenvalue weighted by Crippen LogP contribution is 2.25. The van der Waals surface area contributed by atoms with Gasteiger partial charge in [0, 0.05) is 24.5 Å². The van der Waals surface area contributed by atoms with Crippen molar-refractivity contribution in [2.24, 2.45) is 0 Å². The van der Waals surface area contributed by atoms with Gasteiger partial charge >= 0.3 is 0 Å². The average molecular weight is 443 g/mol. The zero-order valence-electron chi connectivity index (χ0n) is 17.7. The van der Waals surface area contributed by atoms with Gasteiger partial charge in [0.25, 0.3) is 5.91 Å². The van der Waals surface area contributed by atoms with E-state index in [4.69, 9.17) is 0 Å². The number of hydrogen-bond acceptors (Lipinski definition) is 3. The van der Waals surface area contributed by atoms with Gasteiger partial charge in [-0.15, -0.1) is 0 Å². The Labute approximate surface area is 189 Å². The van der Waals surface area contributed by atoms with E-state index in [1.807, 2.05) is 53.4 Å². The molecule has 0 unspecified atom stereocenters. The van der Waals surface area contributed by atoms with E-state index in [2.05, 4.69) is 15.5 Å². The maximum Gasteiger partial charge on any atom is 0.272 e. The van der Waals surface area contributed by atoms with Crippen LogP contribution in [-0.2, 0) is 4.79 Å². The lowest BCUT2D eigenvalue weighted by Crippen LogP contribution is -2.43. The Bertz CT molecular complexity index is 1280. The summed E-state index contributed by atoms with van der Waals surface area (Å²) in [7, 11) is 0. The van der Waals surface area contributed by atoms with Gasteiger partial charge in [-0.25, -0.2) is 4.39 Å². The molecule has 1 aliphatic rings. The molecule has 2 aromatic heterocycles. The molecule has 0 aliphatic carbocycles. The van der Waals surface area contributed by atoms with Crippen molar-refractivity contribution in [3.05, 3.63) is 90.6 Å².